The minimum absolute atomic E-state index is 0.0347. The summed E-state index contributed by atoms with van der Waals surface area (Å²) in [4.78, 5) is 12.3. The highest BCUT2D eigenvalue weighted by Gasteiger charge is 2.43. The molecular weight excluding hydrogens is 471 g/mol. The Balaban J connectivity index is 1.45. The summed E-state index contributed by atoms with van der Waals surface area (Å²) in [6.45, 7) is -3.33. The number of halogens is 5. The minimum Gasteiger partial charge on any atom is -0.434 e. The van der Waals surface area contributed by atoms with Crippen molar-refractivity contribution in [1.82, 2.24) is 19.5 Å². The number of hydrogen-bond donors (Lipinski definition) is 0. The van der Waals surface area contributed by atoms with Crippen molar-refractivity contribution < 1.29 is 31.4 Å². The monoisotopic (exact) mass is 488 g/mol. The smallest absolute Gasteiger partial charge is 0.387 e. The standard InChI is InChI=1S/C24H17F5N4O2/c25-15-6-17-19(5-14(15)12-8-30-22(31-9-12)24(29)10-34-11-24)33-18(7-16(26)21(33)32-17)13-3-1-2-4-20(13)35-23(27)28/h1-6,8-9,16,18,23H,7,10-11H2/t16?,18-/m0/s1. The van der Waals surface area contributed by atoms with Gasteiger partial charge in [-0.05, 0) is 12.1 Å². The molecule has 11 heteroatoms. The first-order chi connectivity index (χ1) is 16.8. The van der Waals surface area contributed by atoms with Gasteiger partial charge in [0.25, 0.3) is 0 Å². The van der Waals surface area contributed by atoms with E-state index >= 15 is 4.39 Å². The molecule has 2 aliphatic rings. The van der Waals surface area contributed by atoms with E-state index in [0.29, 0.717) is 16.6 Å². The van der Waals surface area contributed by atoms with E-state index in [0.717, 1.165) is 0 Å². The number of rotatable bonds is 5. The first-order valence-electron chi connectivity index (χ1n) is 10.8. The zero-order chi connectivity index (χ0) is 24.3. The van der Waals surface area contributed by atoms with Gasteiger partial charge in [-0.3, -0.25) is 0 Å². The van der Waals surface area contributed by atoms with Crippen molar-refractivity contribution in [2.75, 3.05) is 13.2 Å². The molecular formula is C24H17F5N4O2. The maximum atomic E-state index is 15.0. The number of aromatic nitrogens is 4. The van der Waals surface area contributed by atoms with Gasteiger partial charge in [0.1, 0.15) is 17.4 Å². The molecule has 0 spiro atoms. The van der Waals surface area contributed by atoms with E-state index in [9.17, 15) is 17.6 Å². The Labute approximate surface area is 195 Å². The van der Waals surface area contributed by atoms with Crippen LogP contribution in [0.1, 0.15) is 35.8 Å². The summed E-state index contributed by atoms with van der Waals surface area (Å²) in [5, 5.41) is 0. The largest absolute Gasteiger partial charge is 0.434 e. The van der Waals surface area contributed by atoms with Gasteiger partial charge in [0, 0.05) is 41.6 Å². The van der Waals surface area contributed by atoms with Crippen molar-refractivity contribution in [3.8, 4) is 16.9 Å². The molecule has 1 unspecified atom stereocenters. The Bertz CT molecular complexity index is 1420. The predicted octanol–water partition coefficient (Wildman–Crippen LogP) is 5.43. The van der Waals surface area contributed by atoms with Crippen LogP contribution in [0.15, 0.2) is 48.8 Å². The van der Waals surface area contributed by atoms with Crippen LogP contribution in [-0.4, -0.2) is 39.3 Å². The second kappa shape index (κ2) is 7.98. The Kier molecular flexibility index (Phi) is 4.99. The summed E-state index contributed by atoms with van der Waals surface area (Å²) in [5.41, 5.74) is -0.366. The molecule has 2 atom stereocenters. The highest BCUT2D eigenvalue weighted by atomic mass is 19.3. The third-order valence-electron chi connectivity index (χ3n) is 6.35. The van der Waals surface area contributed by atoms with Crippen LogP contribution in [0.4, 0.5) is 22.0 Å². The molecule has 4 heterocycles. The lowest BCUT2D eigenvalue weighted by Gasteiger charge is -2.31. The van der Waals surface area contributed by atoms with E-state index in [4.69, 9.17) is 4.74 Å². The molecule has 0 bridgehead atoms. The molecule has 4 aromatic rings. The lowest BCUT2D eigenvalue weighted by molar-refractivity contribution is -0.140. The summed E-state index contributed by atoms with van der Waals surface area (Å²) in [6.07, 6.45) is 1.11. The lowest BCUT2D eigenvalue weighted by atomic mass is 10.0. The minimum atomic E-state index is -3.05. The molecule has 2 aromatic carbocycles. The topological polar surface area (TPSA) is 62.1 Å². The molecule has 0 N–H and O–H groups in total. The summed E-state index contributed by atoms with van der Waals surface area (Å²) in [5.74, 6) is -0.679. The van der Waals surface area contributed by atoms with E-state index < -0.39 is 30.3 Å². The number of imidazole rings is 1. The fourth-order valence-corrected chi connectivity index (χ4v) is 4.65. The molecule has 6 nitrogen and oxygen atoms in total. The van der Waals surface area contributed by atoms with Crippen molar-refractivity contribution in [1.29, 1.82) is 0 Å². The molecule has 1 saturated heterocycles. The van der Waals surface area contributed by atoms with Gasteiger partial charge in [-0.15, -0.1) is 0 Å². The quantitative estimate of drug-likeness (QED) is 0.351. The van der Waals surface area contributed by atoms with Crippen LogP contribution in [0.3, 0.4) is 0 Å². The van der Waals surface area contributed by atoms with Crippen molar-refractivity contribution in [3.05, 3.63) is 71.8 Å². The number of ether oxygens (including phenoxy) is 2. The lowest BCUT2D eigenvalue weighted by Crippen LogP contribution is -2.43. The van der Waals surface area contributed by atoms with E-state index in [-0.39, 0.29) is 48.1 Å². The summed E-state index contributed by atoms with van der Waals surface area (Å²) in [6, 6.07) is 8.13. The van der Waals surface area contributed by atoms with Crippen LogP contribution >= 0.6 is 0 Å². The molecule has 1 fully saturated rings. The number of hydrogen-bond acceptors (Lipinski definition) is 5. The van der Waals surface area contributed by atoms with E-state index in [2.05, 4.69) is 19.7 Å². The molecule has 2 aromatic heterocycles. The number of benzene rings is 2. The summed E-state index contributed by atoms with van der Waals surface area (Å²) < 4.78 is 81.5. The third-order valence-corrected chi connectivity index (χ3v) is 6.35. The first-order valence-corrected chi connectivity index (χ1v) is 10.8. The van der Waals surface area contributed by atoms with Gasteiger partial charge in [-0.25, -0.2) is 28.1 Å². The van der Waals surface area contributed by atoms with Crippen molar-refractivity contribution in [2.24, 2.45) is 0 Å². The Hall–Kier alpha value is -3.60. The van der Waals surface area contributed by atoms with Crippen molar-refractivity contribution in [2.45, 2.75) is 30.9 Å². The van der Waals surface area contributed by atoms with Gasteiger partial charge in [0.15, 0.2) is 12.0 Å². The van der Waals surface area contributed by atoms with Gasteiger partial charge < -0.3 is 14.0 Å². The maximum absolute atomic E-state index is 15.0. The van der Waals surface area contributed by atoms with E-state index in [1.54, 1.807) is 22.8 Å². The zero-order valence-electron chi connectivity index (χ0n) is 18.0. The molecule has 180 valence electrons. The highest BCUT2D eigenvalue weighted by Crippen LogP contribution is 2.46. The first kappa shape index (κ1) is 21.9. The Morgan fingerprint density at radius 1 is 1.11 bits per heavy atom. The summed E-state index contributed by atoms with van der Waals surface area (Å²) in [7, 11) is 0. The van der Waals surface area contributed by atoms with Gasteiger partial charge in [-0.1, -0.05) is 18.2 Å². The van der Waals surface area contributed by atoms with Gasteiger partial charge in [0.2, 0.25) is 5.67 Å². The van der Waals surface area contributed by atoms with E-state index in [1.807, 2.05) is 0 Å². The SMILES string of the molecule is Fc1cc2nc3n(c2cc1-c1cnc(C2(F)COC2)nc1)[C@H](c1ccccc1OC(F)F)CC3F. The van der Waals surface area contributed by atoms with Crippen molar-refractivity contribution in [3.63, 3.8) is 0 Å². The fraction of sp³-hybridized carbons (Fsp3) is 0.292. The van der Waals surface area contributed by atoms with Crippen molar-refractivity contribution >= 4 is 11.0 Å². The number of para-hydroxylation sites is 1. The maximum Gasteiger partial charge on any atom is 0.387 e. The van der Waals surface area contributed by atoms with Crippen LogP contribution < -0.4 is 4.74 Å². The highest BCUT2D eigenvalue weighted by molar-refractivity contribution is 5.83. The second-order valence-electron chi connectivity index (χ2n) is 8.55. The average Bonchev–Trinajstić information content (AvgIpc) is 3.34. The molecule has 2 aliphatic heterocycles. The van der Waals surface area contributed by atoms with E-state index in [1.165, 1.54) is 30.6 Å². The molecule has 0 radical (unpaired) electrons. The average molecular weight is 488 g/mol. The van der Waals surface area contributed by atoms with Gasteiger partial charge in [0.05, 0.1) is 30.3 Å². The molecule has 6 rings (SSSR count). The van der Waals surface area contributed by atoms with Gasteiger partial charge >= 0.3 is 6.61 Å². The Morgan fingerprint density at radius 2 is 1.86 bits per heavy atom. The van der Waals surface area contributed by atoms with Crippen LogP contribution in [0, 0.1) is 5.82 Å². The number of fused-ring (bicyclic) bond motifs is 3. The normalized spacial score (nSPS) is 20.7. The molecule has 35 heavy (non-hydrogen) atoms. The van der Waals surface area contributed by atoms with Crippen LogP contribution in [0.5, 0.6) is 5.75 Å². The molecule has 0 saturated carbocycles. The third kappa shape index (κ3) is 3.53. The fourth-order valence-electron chi connectivity index (χ4n) is 4.65. The van der Waals surface area contributed by atoms with Gasteiger partial charge in [-0.2, -0.15) is 8.78 Å². The second-order valence-corrected chi connectivity index (χ2v) is 8.55. The number of nitrogens with zero attached hydrogens (tertiary/aromatic N) is 4. The molecule has 0 aliphatic carbocycles. The van der Waals surface area contributed by atoms with Crippen LogP contribution in [0.2, 0.25) is 0 Å². The van der Waals surface area contributed by atoms with Crippen LogP contribution in [0.25, 0.3) is 22.2 Å². The number of alkyl halides is 4. The summed E-state index contributed by atoms with van der Waals surface area (Å²) >= 11 is 0. The predicted molar refractivity (Wildman–Crippen MR) is 114 cm³/mol. The zero-order valence-corrected chi connectivity index (χ0v) is 18.0. The Morgan fingerprint density at radius 3 is 2.54 bits per heavy atom. The molecule has 0 amide bonds. The van der Waals surface area contributed by atoms with Crippen LogP contribution in [-0.2, 0) is 10.4 Å².